The van der Waals surface area contributed by atoms with E-state index in [0.717, 1.165) is 18.5 Å². The topological polar surface area (TPSA) is 64.3 Å². The molecule has 1 aliphatic carbocycles. The maximum atomic E-state index is 11.1. The number of carbonyl (C=O) groups excluding carboxylic acids is 1. The summed E-state index contributed by atoms with van der Waals surface area (Å²) in [5.74, 6) is 0.269. The minimum Gasteiger partial charge on any atom is -0.490 e. The van der Waals surface area contributed by atoms with Crippen LogP contribution in [0.2, 0.25) is 0 Å². The molecule has 0 radical (unpaired) electrons. The fourth-order valence-corrected chi connectivity index (χ4v) is 1.33. The van der Waals surface area contributed by atoms with E-state index in [1.165, 1.54) is 0 Å². The van der Waals surface area contributed by atoms with Crippen LogP contribution in [0.5, 0.6) is 5.75 Å². The summed E-state index contributed by atoms with van der Waals surface area (Å²) in [5, 5.41) is 2.97. The van der Waals surface area contributed by atoms with Crippen molar-refractivity contribution in [3.8, 4) is 5.75 Å². The van der Waals surface area contributed by atoms with E-state index in [9.17, 15) is 4.79 Å². The zero-order valence-electron chi connectivity index (χ0n) is 8.62. The van der Waals surface area contributed by atoms with Gasteiger partial charge in [0, 0.05) is 24.4 Å². The molecule has 4 heteroatoms. The van der Waals surface area contributed by atoms with E-state index in [2.05, 4.69) is 5.32 Å². The Hall–Kier alpha value is -1.71. The van der Waals surface area contributed by atoms with E-state index < -0.39 is 5.91 Å². The van der Waals surface area contributed by atoms with Gasteiger partial charge in [0.1, 0.15) is 5.75 Å². The van der Waals surface area contributed by atoms with E-state index in [1.54, 1.807) is 19.2 Å². The second-order valence-corrected chi connectivity index (χ2v) is 3.68. The molecule has 0 spiro atoms. The average molecular weight is 206 g/mol. The molecule has 80 valence electrons. The molecule has 0 aliphatic heterocycles. The van der Waals surface area contributed by atoms with E-state index in [1.807, 2.05) is 6.07 Å². The van der Waals surface area contributed by atoms with Gasteiger partial charge < -0.3 is 15.8 Å². The van der Waals surface area contributed by atoms with Crippen LogP contribution in [0.4, 0.5) is 5.69 Å². The first-order chi connectivity index (χ1) is 7.19. The number of anilines is 1. The van der Waals surface area contributed by atoms with Crippen molar-refractivity contribution in [2.75, 3.05) is 12.4 Å². The third-order valence-corrected chi connectivity index (χ3v) is 2.31. The number of nitrogens with one attached hydrogen (secondary N) is 1. The number of ether oxygens (including phenoxy) is 1. The van der Waals surface area contributed by atoms with Crippen molar-refractivity contribution in [1.29, 1.82) is 0 Å². The maximum absolute atomic E-state index is 11.1. The summed E-state index contributed by atoms with van der Waals surface area (Å²) in [6, 6.07) is 5.26. The van der Waals surface area contributed by atoms with Gasteiger partial charge in [-0.25, -0.2) is 0 Å². The highest BCUT2D eigenvalue weighted by molar-refractivity contribution is 5.94. The summed E-state index contributed by atoms with van der Waals surface area (Å²) in [6.45, 7) is 0. The van der Waals surface area contributed by atoms with Gasteiger partial charge in [-0.15, -0.1) is 0 Å². The normalized spacial score (nSPS) is 14.7. The number of nitrogens with two attached hydrogens (primary N) is 1. The molecule has 1 aromatic carbocycles. The fraction of sp³-hybridized carbons (Fsp3) is 0.364. The van der Waals surface area contributed by atoms with Crippen LogP contribution < -0.4 is 15.8 Å². The van der Waals surface area contributed by atoms with Crippen molar-refractivity contribution in [1.82, 2.24) is 0 Å². The molecule has 0 unspecified atom stereocenters. The second kappa shape index (κ2) is 3.81. The van der Waals surface area contributed by atoms with Gasteiger partial charge in [-0.1, -0.05) is 0 Å². The lowest BCUT2D eigenvalue weighted by molar-refractivity contribution is 0.1000. The molecular weight excluding hydrogens is 192 g/mol. The molecule has 1 aromatic rings. The molecular formula is C11H14N2O2. The summed E-state index contributed by atoms with van der Waals surface area (Å²) in [4.78, 5) is 11.1. The van der Waals surface area contributed by atoms with Crippen LogP contribution in [-0.4, -0.2) is 19.1 Å². The van der Waals surface area contributed by atoms with Crippen LogP contribution in [0.1, 0.15) is 23.2 Å². The van der Waals surface area contributed by atoms with Gasteiger partial charge in [-0.2, -0.15) is 0 Å². The van der Waals surface area contributed by atoms with Crippen LogP contribution in [0, 0.1) is 0 Å². The van der Waals surface area contributed by atoms with Gasteiger partial charge in [0.05, 0.1) is 6.10 Å². The van der Waals surface area contributed by atoms with Crippen molar-refractivity contribution in [2.45, 2.75) is 18.9 Å². The van der Waals surface area contributed by atoms with Gasteiger partial charge in [0.25, 0.3) is 0 Å². The number of carbonyl (C=O) groups is 1. The Bertz CT molecular complexity index is 386. The second-order valence-electron chi connectivity index (χ2n) is 3.68. The van der Waals surface area contributed by atoms with E-state index >= 15 is 0 Å². The molecule has 4 nitrogen and oxygen atoms in total. The van der Waals surface area contributed by atoms with E-state index in [-0.39, 0.29) is 0 Å². The van der Waals surface area contributed by atoms with Crippen molar-refractivity contribution in [3.05, 3.63) is 23.8 Å². The number of amides is 1. The number of hydrogen-bond donors (Lipinski definition) is 2. The summed E-state index contributed by atoms with van der Waals surface area (Å²) < 4.78 is 5.61. The molecule has 0 saturated heterocycles. The smallest absolute Gasteiger partial charge is 0.248 e. The number of rotatable bonds is 4. The monoisotopic (exact) mass is 206 g/mol. The summed E-state index contributed by atoms with van der Waals surface area (Å²) in [7, 11) is 1.79. The number of primary amides is 1. The Labute approximate surface area is 88.4 Å². The van der Waals surface area contributed by atoms with Crippen LogP contribution in [0.3, 0.4) is 0 Å². The zero-order valence-corrected chi connectivity index (χ0v) is 8.62. The zero-order chi connectivity index (χ0) is 10.8. The van der Waals surface area contributed by atoms with Crippen molar-refractivity contribution < 1.29 is 9.53 Å². The summed E-state index contributed by atoms with van der Waals surface area (Å²) in [6.07, 6.45) is 2.50. The average Bonchev–Trinajstić information content (AvgIpc) is 3.01. The summed E-state index contributed by atoms with van der Waals surface area (Å²) in [5.41, 5.74) is 6.54. The minimum absolute atomic E-state index is 0.317. The Morgan fingerprint density at radius 1 is 1.47 bits per heavy atom. The Morgan fingerprint density at radius 2 is 2.20 bits per heavy atom. The standard InChI is InChI=1S/C11H14N2O2/c1-13-8-4-7(11(12)14)5-10(6-8)15-9-2-3-9/h4-6,9,13H,2-3H2,1H3,(H2,12,14). The van der Waals surface area contributed by atoms with Crippen LogP contribution in [0.25, 0.3) is 0 Å². The lowest BCUT2D eigenvalue weighted by Gasteiger charge is -2.08. The third kappa shape index (κ3) is 2.40. The maximum Gasteiger partial charge on any atom is 0.248 e. The van der Waals surface area contributed by atoms with Crippen molar-refractivity contribution in [2.24, 2.45) is 5.73 Å². The molecule has 1 saturated carbocycles. The Balaban J connectivity index is 2.27. The molecule has 1 fully saturated rings. The van der Waals surface area contributed by atoms with Crippen molar-refractivity contribution >= 4 is 11.6 Å². The van der Waals surface area contributed by atoms with Crippen LogP contribution >= 0.6 is 0 Å². The van der Waals surface area contributed by atoms with Crippen molar-refractivity contribution in [3.63, 3.8) is 0 Å². The first-order valence-electron chi connectivity index (χ1n) is 4.98. The van der Waals surface area contributed by atoms with E-state index in [4.69, 9.17) is 10.5 Å². The lowest BCUT2D eigenvalue weighted by atomic mass is 10.2. The highest BCUT2D eigenvalue weighted by Gasteiger charge is 2.23. The molecule has 1 amide bonds. The number of benzene rings is 1. The Kier molecular flexibility index (Phi) is 2.49. The fourth-order valence-electron chi connectivity index (χ4n) is 1.33. The van der Waals surface area contributed by atoms with Gasteiger partial charge in [-0.05, 0) is 25.0 Å². The predicted molar refractivity (Wildman–Crippen MR) is 58.2 cm³/mol. The quantitative estimate of drug-likeness (QED) is 0.782. The van der Waals surface area contributed by atoms with Gasteiger partial charge >= 0.3 is 0 Å². The molecule has 0 heterocycles. The molecule has 1 aliphatic rings. The van der Waals surface area contributed by atoms with Gasteiger partial charge in [0.15, 0.2) is 0 Å². The number of hydrogen-bond acceptors (Lipinski definition) is 3. The molecule has 2 rings (SSSR count). The lowest BCUT2D eigenvalue weighted by Crippen LogP contribution is -2.11. The highest BCUT2D eigenvalue weighted by Crippen LogP contribution is 2.29. The molecule has 15 heavy (non-hydrogen) atoms. The van der Waals surface area contributed by atoms with Gasteiger partial charge in [-0.3, -0.25) is 4.79 Å². The third-order valence-electron chi connectivity index (χ3n) is 2.31. The van der Waals surface area contributed by atoms with E-state index in [0.29, 0.717) is 17.4 Å². The largest absolute Gasteiger partial charge is 0.490 e. The van der Waals surface area contributed by atoms with Gasteiger partial charge in [0.2, 0.25) is 5.91 Å². The summed E-state index contributed by atoms with van der Waals surface area (Å²) >= 11 is 0. The first-order valence-corrected chi connectivity index (χ1v) is 4.98. The molecule has 3 N–H and O–H groups in total. The van der Waals surface area contributed by atoms with Crippen LogP contribution in [0.15, 0.2) is 18.2 Å². The molecule has 0 aromatic heterocycles. The Morgan fingerprint density at radius 3 is 2.73 bits per heavy atom. The molecule has 0 atom stereocenters. The first kappa shape index (κ1) is 9.83. The SMILES string of the molecule is CNc1cc(OC2CC2)cc(C(N)=O)c1. The van der Waals surface area contributed by atoms with Crippen LogP contribution in [-0.2, 0) is 0 Å². The predicted octanol–water partition coefficient (Wildman–Crippen LogP) is 1.37. The highest BCUT2D eigenvalue weighted by atomic mass is 16.5. The minimum atomic E-state index is -0.437. The molecule has 0 bridgehead atoms.